The van der Waals surface area contributed by atoms with Crippen LogP contribution in [0.1, 0.15) is 17.5 Å². The van der Waals surface area contributed by atoms with Crippen LogP contribution in [-0.2, 0) is 22.6 Å². The zero-order valence-electron chi connectivity index (χ0n) is 15.2. The molecule has 2 aromatic rings. The predicted octanol–water partition coefficient (Wildman–Crippen LogP) is 1.88. The Kier molecular flexibility index (Phi) is 6.54. The molecule has 1 saturated heterocycles. The Hall–Kier alpha value is -2.73. The van der Waals surface area contributed by atoms with E-state index in [1.165, 1.54) is 6.07 Å². The van der Waals surface area contributed by atoms with Crippen molar-refractivity contribution in [2.75, 3.05) is 19.6 Å². The van der Waals surface area contributed by atoms with Crippen molar-refractivity contribution in [1.29, 1.82) is 0 Å². The maximum Gasteiger partial charge on any atom is 0.237 e. The molecular weight excluding hydrogens is 345 g/mol. The molecule has 2 aromatic carbocycles. The van der Waals surface area contributed by atoms with Gasteiger partial charge in [0.1, 0.15) is 5.82 Å². The summed E-state index contributed by atoms with van der Waals surface area (Å²) in [6, 6.07) is 15.8. The van der Waals surface area contributed by atoms with Crippen LogP contribution in [0.4, 0.5) is 4.39 Å². The number of rotatable bonds is 7. The van der Waals surface area contributed by atoms with Gasteiger partial charge in [-0.2, -0.15) is 0 Å². The van der Waals surface area contributed by atoms with Crippen molar-refractivity contribution in [2.24, 2.45) is 0 Å². The molecule has 6 heteroatoms. The molecule has 1 fully saturated rings. The van der Waals surface area contributed by atoms with Crippen LogP contribution in [0.5, 0.6) is 0 Å². The molecule has 0 saturated carbocycles. The van der Waals surface area contributed by atoms with Crippen molar-refractivity contribution in [2.45, 2.75) is 25.4 Å². The zero-order valence-corrected chi connectivity index (χ0v) is 15.2. The van der Waals surface area contributed by atoms with Gasteiger partial charge in [0.15, 0.2) is 0 Å². The Bertz CT molecular complexity index is 782. The van der Waals surface area contributed by atoms with Gasteiger partial charge in [0.25, 0.3) is 0 Å². The third-order valence-corrected chi connectivity index (χ3v) is 4.73. The molecule has 2 N–H and O–H groups in total. The molecule has 0 radical (unpaired) electrons. The van der Waals surface area contributed by atoms with E-state index in [1.807, 2.05) is 35.2 Å². The largest absolute Gasteiger partial charge is 0.356 e. The highest BCUT2D eigenvalue weighted by molar-refractivity contribution is 5.88. The van der Waals surface area contributed by atoms with Crippen molar-refractivity contribution in [3.05, 3.63) is 71.5 Å². The lowest BCUT2D eigenvalue weighted by Gasteiger charge is -2.34. The Morgan fingerprint density at radius 1 is 1.15 bits per heavy atom. The number of carbonyl (C=O) groups is 2. The van der Waals surface area contributed by atoms with E-state index in [-0.39, 0.29) is 24.1 Å². The standard InChI is InChI=1S/C21H24FN3O2/c22-18-9-5-4-8-17(18)15-25-13-12-24-21(27)19(25)14-20(26)23-11-10-16-6-2-1-3-7-16/h1-9,19H,10-15H2,(H,23,26)(H,24,27). The lowest BCUT2D eigenvalue weighted by Crippen LogP contribution is -2.56. The maximum atomic E-state index is 14.0. The van der Waals surface area contributed by atoms with E-state index < -0.39 is 6.04 Å². The fraction of sp³-hybridized carbons (Fsp3) is 0.333. The first-order valence-corrected chi connectivity index (χ1v) is 9.19. The summed E-state index contributed by atoms with van der Waals surface area (Å²) >= 11 is 0. The van der Waals surface area contributed by atoms with Crippen LogP contribution in [0.15, 0.2) is 54.6 Å². The van der Waals surface area contributed by atoms with Gasteiger partial charge < -0.3 is 10.6 Å². The molecule has 0 aromatic heterocycles. The first-order chi connectivity index (χ1) is 13.1. The molecule has 0 bridgehead atoms. The zero-order chi connectivity index (χ0) is 19.1. The molecule has 0 spiro atoms. The molecule has 2 amide bonds. The summed E-state index contributed by atoms with van der Waals surface area (Å²) in [5, 5.41) is 5.67. The van der Waals surface area contributed by atoms with E-state index in [0.29, 0.717) is 31.7 Å². The molecule has 0 aliphatic carbocycles. The molecular formula is C21H24FN3O2. The van der Waals surface area contributed by atoms with E-state index in [2.05, 4.69) is 10.6 Å². The predicted molar refractivity (Wildman–Crippen MR) is 101 cm³/mol. The summed E-state index contributed by atoms with van der Waals surface area (Å²) in [6.45, 7) is 1.91. The summed E-state index contributed by atoms with van der Waals surface area (Å²) in [7, 11) is 0. The summed E-state index contributed by atoms with van der Waals surface area (Å²) < 4.78 is 14.0. The quantitative estimate of drug-likeness (QED) is 0.783. The number of benzene rings is 2. The number of halogens is 1. The van der Waals surface area contributed by atoms with Crippen molar-refractivity contribution in [1.82, 2.24) is 15.5 Å². The Balaban J connectivity index is 1.55. The second-order valence-corrected chi connectivity index (χ2v) is 6.66. The number of carbonyl (C=O) groups excluding carboxylic acids is 2. The lowest BCUT2D eigenvalue weighted by molar-refractivity contribution is -0.134. The van der Waals surface area contributed by atoms with Crippen LogP contribution >= 0.6 is 0 Å². The Morgan fingerprint density at radius 2 is 1.89 bits per heavy atom. The second kappa shape index (κ2) is 9.28. The van der Waals surface area contributed by atoms with Gasteiger partial charge in [0.05, 0.1) is 12.5 Å². The van der Waals surface area contributed by atoms with Gasteiger partial charge in [-0.15, -0.1) is 0 Å². The van der Waals surface area contributed by atoms with Crippen molar-refractivity contribution < 1.29 is 14.0 Å². The van der Waals surface area contributed by atoms with Gasteiger partial charge in [-0.1, -0.05) is 48.5 Å². The molecule has 1 heterocycles. The SMILES string of the molecule is O=C(CC1C(=O)NCCN1Cc1ccccc1F)NCCc1ccccc1. The van der Waals surface area contributed by atoms with Crippen molar-refractivity contribution >= 4 is 11.8 Å². The normalized spacial score (nSPS) is 17.4. The van der Waals surface area contributed by atoms with Crippen molar-refractivity contribution in [3.63, 3.8) is 0 Å². The van der Waals surface area contributed by atoms with Crippen molar-refractivity contribution in [3.8, 4) is 0 Å². The van der Waals surface area contributed by atoms with Crippen LogP contribution in [0.3, 0.4) is 0 Å². The fourth-order valence-electron chi connectivity index (χ4n) is 3.26. The third-order valence-electron chi connectivity index (χ3n) is 4.73. The van der Waals surface area contributed by atoms with E-state index in [0.717, 1.165) is 12.0 Å². The Labute approximate surface area is 158 Å². The topological polar surface area (TPSA) is 61.4 Å². The molecule has 1 aliphatic rings. The fourth-order valence-corrected chi connectivity index (χ4v) is 3.26. The Morgan fingerprint density at radius 3 is 2.67 bits per heavy atom. The van der Waals surface area contributed by atoms with Gasteiger partial charge >= 0.3 is 0 Å². The average Bonchev–Trinajstić information content (AvgIpc) is 2.67. The molecule has 1 atom stereocenters. The number of hydrogen-bond donors (Lipinski definition) is 2. The number of amides is 2. The molecule has 142 valence electrons. The van der Waals surface area contributed by atoms with E-state index in [4.69, 9.17) is 0 Å². The molecule has 27 heavy (non-hydrogen) atoms. The summed E-state index contributed by atoms with van der Waals surface area (Å²) in [5.41, 5.74) is 1.68. The maximum absolute atomic E-state index is 14.0. The van der Waals surface area contributed by atoms with Crippen LogP contribution in [-0.4, -0.2) is 42.4 Å². The summed E-state index contributed by atoms with van der Waals surface area (Å²) in [4.78, 5) is 26.5. The molecule has 5 nitrogen and oxygen atoms in total. The molecule has 1 unspecified atom stereocenters. The average molecular weight is 369 g/mol. The minimum Gasteiger partial charge on any atom is -0.356 e. The number of nitrogens with zero attached hydrogens (tertiary/aromatic N) is 1. The summed E-state index contributed by atoms with van der Waals surface area (Å²) in [6.07, 6.45) is 0.803. The second-order valence-electron chi connectivity index (χ2n) is 6.66. The van der Waals surface area contributed by atoms with Gasteiger partial charge in [0.2, 0.25) is 11.8 Å². The number of hydrogen-bond acceptors (Lipinski definition) is 3. The minimum absolute atomic E-state index is 0.0646. The highest BCUT2D eigenvalue weighted by Crippen LogP contribution is 2.16. The van der Waals surface area contributed by atoms with Gasteiger partial charge in [-0.05, 0) is 18.1 Å². The highest BCUT2D eigenvalue weighted by atomic mass is 19.1. The minimum atomic E-state index is -0.588. The smallest absolute Gasteiger partial charge is 0.237 e. The van der Waals surface area contributed by atoms with E-state index >= 15 is 0 Å². The first-order valence-electron chi connectivity index (χ1n) is 9.19. The van der Waals surface area contributed by atoms with Crippen LogP contribution in [0.2, 0.25) is 0 Å². The lowest BCUT2D eigenvalue weighted by atomic mass is 10.1. The van der Waals surface area contributed by atoms with Gasteiger partial charge in [-0.25, -0.2) is 4.39 Å². The van der Waals surface area contributed by atoms with Gasteiger partial charge in [-0.3, -0.25) is 14.5 Å². The van der Waals surface area contributed by atoms with Gasteiger partial charge in [0, 0.05) is 31.7 Å². The first kappa shape index (κ1) is 19.0. The molecule has 1 aliphatic heterocycles. The van der Waals surface area contributed by atoms with E-state index in [1.54, 1.807) is 18.2 Å². The number of piperazine rings is 1. The van der Waals surface area contributed by atoms with Crippen LogP contribution in [0.25, 0.3) is 0 Å². The molecule has 3 rings (SSSR count). The van der Waals surface area contributed by atoms with E-state index in [9.17, 15) is 14.0 Å². The third kappa shape index (κ3) is 5.37. The number of nitrogens with one attached hydrogen (secondary N) is 2. The summed E-state index contributed by atoms with van der Waals surface area (Å²) in [5.74, 6) is -0.656. The highest BCUT2D eigenvalue weighted by Gasteiger charge is 2.31. The van der Waals surface area contributed by atoms with Crippen LogP contribution < -0.4 is 10.6 Å². The monoisotopic (exact) mass is 369 g/mol. The van der Waals surface area contributed by atoms with Crippen LogP contribution in [0, 0.1) is 5.82 Å².